The molecule has 0 amide bonds. The molecule has 2 saturated heterocycles. The highest BCUT2D eigenvalue weighted by Gasteiger charge is 2.47. The van der Waals surface area contributed by atoms with Gasteiger partial charge in [0.2, 0.25) is 11.2 Å². The Hall–Kier alpha value is -4.03. The molecule has 79 heavy (non-hydrogen) atoms. The second kappa shape index (κ2) is 21.9. The molecule has 0 radical (unpaired) electrons. The maximum Gasteiger partial charge on any atom is 0.238 e. The van der Waals surface area contributed by atoms with Crippen molar-refractivity contribution in [1.29, 1.82) is 0 Å². The van der Waals surface area contributed by atoms with Crippen LogP contribution in [0.4, 0.5) is 0 Å². The van der Waals surface area contributed by atoms with Gasteiger partial charge in [-0.15, -0.1) is 0 Å². The summed E-state index contributed by atoms with van der Waals surface area (Å²) < 4.78 is 14.0. The lowest BCUT2D eigenvalue weighted by molar-refractivity contribution is -0.0101. The van der Waals surface area contributed by atoms with Gasteiger partial charge in [0, 0.05) is 58.9 Å². The van der Waals surface area contributed by atoms with Crippen LogP contribution in [0.25, 0.3) is 44.2 Å². The highest BCUT2D eigenvalue weighted by Crippen LogP contribution is 2.62. The fourth-order valence-electron chi connectivity index (χ4n) is 15.1. The van der Waals surface area contributed by atoms with E-state index in [1.165, 1.54) is 17.2 Å². The molecule has 1 aromatic heterocycles. The summed E-state index contributed by atoms with van der Waals surface area (Å²) in [5, 5.41) is 91.4. The zero-order valence-electron chi connectivity index (χ0n) is 45.1. The number of fused-ring (bicyclic) bond motifs is 12. The van der Waals surface area contributed by atoms with Crippen molar-refractivity contribution in [2.75, 3.05) is 18.9 Å². The lowest BCUT2D eigenvalue weighted by Gasteiger charge is -2.44. The molecule has 9 atom stereocenters. The smallest absolute Gasteiger partial charge is 0.238 e. The van der Waals surface area contributed by atoms with E-state index >= 15 is 4.79 Å². The maximum absolute atomic E-state index is 15.6. The summed E-state index contributed by atoms with van der Waals surface area (Å²) in [5.74, 6) is 0.107. The predicted molar refractivity (Wildman–Crippen MR) is 321 cm³/mol. The van der Waals surface area contributed by atoms with Crippen molar-refractivity contribution < 1.29 is 44.9 Å². The van der Waals surface area contributed by atoms with Crippen molar-refractivity contribution in [2.45, 2.75) is 175 Å². The van der Waals surface area contributed by atoms with Gasteiger partial charge in [-0.05, 0) is 174 Å². The summed E-state index contributed by atoms with van der Waals surface area (Å²) in [7, 11) is 6.89. The van der Waals surface area contributed by atoms with Crippen LogP contribution in [-0.4, -0.2) is 83.8 Å². The number of phenolic OH excluding ortho intramolecular Hbond substituents is 2. The van der Waals surface area contributed by atoms with E-state index in [0.717, 1.165) is 109 Å². The predicted octanol–water partition coefficient (Wildman–Crippen LogP) is 13.2. The lowest BCUT2D eigenvalue weighted by atomic mass is 9.65. The molecule has 13 rings (SSSR count). The zero-order valence-corrected chi connectivity index (χ0v) is 48.4. The minimum atomic E-state index is -1.000. The molecule has 418 valence electrons. The molecule has 3 aliphatic carbocycles. The van der Waals surface area contributed by atoms with Gasteiger partial charge in [-0.1, -0.05) is 113 Å². The molecule has 5 bridgehead atoms. The van der Waals surface area contributed by atoms with Crippen molar-refractivity contribution in [1.82, 2.24) is 5.32 Å². The monoisotopic (exact) mass is 1140 g/mol. The minimum Gasteiger partial charge on any atom is -0.507 e. The fraction of sp³-hybridized carbons (Fsp3) is 0.516. The molecular formula is C64H73NO10S4. The summed E-state index contributed by atoms with van der Waals surface area (Å²) in [5.41, 5.74) is 8.29. The Morgan fingerprint density at radius 2 is 1.70 bits per heavy atom. The van der Waals surface area contributed by atoms with Gasteiger partial charge in [0.15, 0.2) is 5.76 Å². The first-order valence-corrected chi connectivity index (χ1v) is 33.9. The molecule has 15 heteroatoms. The number of hydrogen-bond acceptors (Lipinski definition) is 15. The van der Waals surface area contributed by atoms with Crippen molar-refractivity contribution in [3.63, 3.8) is 0 Å². The first-order chi connectivity index (χ1) is 38.3. The van der Waals surface area contributed by atoms with Crippen molar-refractivity contribution in [2.24, 2.45) is 11.8 Å². The SMILES string of the molecule is CC(C)Cc1cc(-c2oc3cc(O)c4c(c3c(=O)c2O)OC2CC3c5c-4cc4c6c(ccc(c56)C(SSCCCC2O)C3O)CC(CCC2(O)CCCCC2)C4CCO)c2c(c1O)Cc1cccc(c1)C1NCCCC1SSC2. The number of aliphatic hydroxyl groups is 4. The van der Waals surface area contributed by atoms with Gasteiger partial charge in [-0.3, -0.25) is 4.79 Å². The number of benzene rings is 5. The van der Waals surface area contributed by atoms with Crippen LogP contribution in [0, 0.1) is 11.8 Å². The van der Waals surface area contributed by atoms with Crippen LogP contribution < -0.4 is 15.5 Å². The van der Waals surface area contributed by atoms with Crippen molar-refractivity contribution in [3.05, 3.63) is 115 Å². The zero-order chi connectivity index (χ0) is 54.4. The normalized spacial score (nSPS) is 27.3. The number of hydrogen-bond donors (Lipinski definition) is 8. The number of piperidine rings is 1. The third kappa shape index (κ3) is 9.68. The van der Waals surface area contributed by atoms with Crippen LogP contribution >= 0.6 is 43.2 Å². The largest absolute Gasteiger partial charge is 0.507 e. The second-order valence-electron chi connectivity index (χ2n) is 24.4. The molecule has 5 aromatic carbocycles. The fourth-order valence-corrected chi connectivity index (χ4v) is 21.0. The Kier molecular flexibility index (Phi) is 15.1. The molecule has 1 saturated carbocycles. The maximum atomic E-state index is 15.6. The first-order valence-electron chi connectivity index (χ1n) is 29.1. The van der Waals surface area contributed by atoms with Crippen LogP contribution in [0.3, 0.4) is 0 Å². The molecule has 5 heterocycles. The molecule has 7 aliphatic rings. The number of rotatable bonds is 8. The Labute approximate surface area is 477 Å². The van der Waals surface area contributed by atoms with Crippen LogP contribution in [0.1, 0.15) is 171 Å². The molecule has 0 spiro atoms. The Morgan fingerprint density at radius 1 is 0.848 bits per heavy atom. The van der Waals surface area contributed by atoms with Crippen LogP contribution in [0.5, 0.6) is 23.0 Å². The lowest BCUT2D eigenvalue weighted by Crippen LogP contribution is -2.39. The van der Waals surface area contributed by atoms with E-state index in [-0.39, 0.29) is 81.6 Å². The molecule has 9 unspecified atom stereocenters. The second-order valence-corrected chi connectivity index (χ2v) is 29.6. The molecule has 11 nitrogen and oxygen atoms in total. The van der Waals surface area contributed by atoms with Crippen LogP contribution in [-0.2, 0) is 25.0 Å². The van der Waals surface area contributed by atoms with Crippen molar-refractivity contribution in [3.8, 4) is 45.4 Å². The average Bonchev–Trinajstić information content (AvgIpc) is 3.65. The Balaban J connectivity index is 1.03. The summed E-state index contributed by atoms with van der Waals surface area (Å²) in [6, 6.07) is 18.6. The molecule has 6 aromatic rings. The number of phenols is 2. The third-order valence-corrected chi connectivity index (χ3v) is 24.6. The quantitative estimate of drug-likeness (QED) is 0.0671. The summed E-state index contributed by atoms with van der Waals surface area (Å²) in [4.78, 5) is 15.6. The van der Waals surface area contributed by atoms with Gasteiger partial charge in [-0.25, -0.2) is 0 Å². The Bertz CT molecular complexity index is 3410. The molecule has 8 N–H and O–H groups in total. The van der Waals surface area contributed by atoms with Gasteiger partial charge in [-0.2, -0.15) is 0 Å². The van der Waals surface area contributed by atoms with Crippen LogP contribution in [0.15, 0.2) is 63.8 Å². The molecule has 4 aliphatic heterocycles. The van der Waals surface area contributed by atoms with E-state index in [2.05, 4.69) is 61.6 Å². The summed E-state index contributed by atoms with van der Waals surface area (Å²) >= 11 is 0. The first kappa shape index (κ1) is 54.2. The summed E-state index contributed by atoms with van der Waals surface area (Å²) in [6.07, 6.45) is 9.03. The van der Waals surface area contributed by atoms with E-state index < -0.39 is 41.0 Å². The van der Waals surface area contributed by atoms with E-state index in [0.29, 0.717) is 71.8 Å². The molecule has 3 fully saturated rings. The number of aromatic hydroxyl groups is 3. The number of aliphatic hydroxyl groups excluding tert-OH is 3. The highest BCUT2D eigenvalue weighted by atomic mass is 33.1. The minimum absolute atomic E-state index is 0.00223. The topological polar surface area (TPSA) is 193 Å². The standard InChI is InChI=1S/C64H73NO10S4/c1-32(2)23-37-27-42(45-31-77-78-50-12-7-20-65-56(50)36-10-6-9-33(24-36)25-41(45)57(37)69)61-60(72)59(71)55-49(75-61)30-47(68)53-43-28-40-38(16-21-66)34(15-19-64(73)17-4-3-5-18-64)26-35-13-14-39-54(51(35)40)52(43)44-29-48(74-62(53)55)46(67)11-8-22-76-79-63(39)58(44)70/h6,9-10,13-14,24,27-28,30,32,34,38,44,46,48,50,56,58,63,65-70,72-73H,3-5,7-8,11-12,15-23,25-26,29,31H2,1-2H3. The number of nitrogens with one attached hydrogen (secondary N) is 1. The van der Waals surface area contributed by atoms with E-state index in [9.17, 15) is 35.7 Å². The van der Waals surface area contributed by atoms with Gasteiger partial charge >= 0.3 is 0 Å². The summed E-state index contributed by atoms with van der Waals surface area (Å²) in [6.45, 7) is 5.08. The van der Waals surface area contributed by atoms with Crippen molar-refractivity contribution >= 4 is 64.9 Å². The van der Waals surface area contributed by atoms with E-state index in [1.54, 1.807) is 32.4 Å². The van der Waals surface area contributed by atoms with E-state index in [1.807, 2.05) is 16.9 Å². The van der Waals surface area contributed by atoms with Gasteiger partial charge in [0.05, 0.1) is 28.6 Å². The van der Waals surface area contributed by atoms with Gasteiger partial charge < -0.3 is 50.2 Å². The van der Waals surface area contributed by atoms with Gasteiger partial charge in [0.25, 0.3) is 0 Å². The van der Waals surface area contributed by atoms with E-state index in [4.69, 9.17) is 9.15 Å². The van der Waals surface area contributed by atoms with Crippen LogP contribution in [0.2, 0.25) is 0 Å². The number of ether oxygens (including phenoxy) is 1. The Morgan fingerprint density at radius 3 is 2.52 bits per heavy atom. The highest BCUT2D eigenvalue weighted by molar-refractivity contribution is 8.77. The average molecular weight is 1140 g/mol. The van der Waals surface area contributed by atoms with Gasteiger partial charge in [0.1, 0.15) is 34.3 Å². The molecular weight excluding hydrogens is 1070 g/mol. The third-order valence-electron chi connectivity index (χ3n) is 18.9.